The summed E-state index contributed by atoms with van der Waals surface area (Å²) in [5.41, 5.74) is 0.695. The van der Waals surface area contributed by atoms with Crippen molar-refractivity contribution in [3.8, 4) is 5.75 Å². The van der Waals surface area contributed by atoms with Gasteiger partial charge in [0.05, 0.1) is 17.7 Å². The van der Waals surface area contributed by atoms with E-state index in [1.807, 2.05) is 4.90 Å². The standard InChI is InChI=1S/C21H31N3O6S/c1-16-5-4-8-24(14-16)31(27,28)18-6-7-20(29-3)19(13-18)22-9-11-23(12-10-22)21(26)15-30-17(2)25/h6-7,13,16H,4-5,8-12,14-15H2,1-3H3/t16-/m0/s1. The van der Waals surface area contributed by atoms with Gasteiger partial charge in [-0.1, -0.05) is 6.92 Å². The molecule has 2 aliphatic rings. The second-order valence-corrected chi connectivity index (χ2v) is 10.0. The van der Waals surface area contributed by atoms with Gasteiger partial charge in [0.15, 0.2) is 6.61 Å². The summed E-state index contributed by atoms with van der Waals surface area (Å²) in [7, 11) is -2.03. The highest BCUT2D eigenvalue weighted by Crippen LogP contribution is 2.33. The smallest absolute Gasteiger partial charge is 0.303 e. The Labute approximate surface area is 183 Å². The molecule has 0 aromatic heterocycles. The second-order valence-electron chi connectivity index (χ2n) is 8.09. The van der Waals surface area contributed by atoms with E-state index in [1.54, 1.807) is 34.5 Å². The van der Waals surface area contributed by atoms with Crippen LogP contribution < -0.4 is 9.64 Å². The Balaban J connectivity index is 1.74. The van der Waals surface area contributed by atoms with Crippen LogP contribution in [0.2, 0.25) is 0 Å². The second kappa shape index (κ2) is 9.86. The van der Waals surface area contributed by atoms with Gasteiger partial charge in [0.1, 0.15) is 5.75 Å². The van der Waals surface area contributed by atoms with E-state index in [9.17, 15) is 18.0 Å². The summed E-state index contributed by atoms with van der Waals surface area (Å²) in [6, 6.07) is 4.95. The van der Waals surface area contributed by atoms with Gasteiger partial charge in [-0.3, -0.25) is 9.59 Å². The van der Waals surface area contributed by atoms with Crippen LogP contribution >= 0.6 is 0 Å². The van der Waals surface area contributed by atoms with Crippen molar-refractivity contribution in [2.45, 2.75) is 31.6 Å². The molecule has 172 valence electrons. The largest absolute Gasteiger partial charge is 0.495 e. The lowest BCUT2D eigenvalue weighted by Crippen LogP contribution is -2.50. The average molecular weight is 454 g/mol. The number of piperidine rings is 1. The van der Waals surface area contributed by atoms with E-state index >= 15 is 0 Å². The first kappa shape index (κ1) is 23.3. The molecule has 0 spiro atoms. The van der Waals surface area contributed by atoms with Gasteiger partial charge in [-0.05, 0) is 37.0 Å². The van der Waals surface area contributed by atoms with Crippen LogP contribution in [-0.4, -0.2) is 82.5 Å². The molecule has 0 aliphatic carbocycles. The van der Waals surface area contributed by atoms with Gasteiger partial charge in [-0.25, -0.2) is 8.42 Å². The van der Waals surface area contributed by atoms with Crippen molar-refractivity contribution in [1.29, 1.82) is 0 Å². The van der Waals surface area contributed by atoms with Crippen molar-refractivity contribution in [3.63, 3.8) is 0 Å². The third kappa shape index (κ3) is 5.48. The van der Waals surface area contributed by atoms with Crippen LogP contribution in [0.4, 0.5) is 5.69 Å². The number of rotatable bonds is 6. The first-order chi connectivity index (χ1) is 14.7. The Kier molecular flexibility index (Phi) is 7.42. The molecule has 1 amide bonds. The van der Waals surface area contributed by atoms with E-state index in [0.29, 0.717) is 56.6 Å². The van der Waals surface area contributed by atoms with E-state index in [-0.39, 0.29) is 17.4 Å². The van der Waals surface area contributed by atoms with E-state index in [2.05, 4.69) is 6.92 Å². The Morgan fingerprint density at radius 2 is 1.84 bits per heavy atom. The van der Waals surface area contributed by atoms with E-state index in [1.165, 1.54) is 6.92 Å². The topological polar surface area (TPSA) is 96.5 Å². The first-order valence-corrected chi connectivity index (χ1v) is 12.0. The average Bonchev–Trinajstić information content (AvgIpc) is 2.77. The Bertz CT molecular complexity index is 912. The van der Waals surface area contributed by atoms with Gasteiger partial charge >= 0.3 is 5.97 Å². The fourth-order valence-electron chi connectivity index (χ4n) is 4.04. The molecule has 0 N–H and O–H groups in total. The van der Waals surface area contributed by atoms with Crippen molar-refractivity contribution < 1.29 is 27.5 Å². The molecule has 31 heavy (non-hydrogen) atoms. The zero-order valence-electron chi connectivity index (χ0n) is 18.4. The first-order valence-electron chi connectivity index (χ1n) is 10.6. The molecule has 1 aromatic carbocycles. The number of benzene rings is 1. The molecule has 10 heteroatoms. The molecule has 0 radical (unpaired) electrons. The van der Waals surface area contributed by atoms with Gasteiger partial charge in [0.2, 0.25) is 10.0 Å². The highest BCUT2D eigenvalue weighted by atomic mass is 32.2. The molecule has 2 heterocycles. The van der Waals surface area contributed by atoms with E-state index in [4.69, 9.17) is 9.47 Å². The van der Waals surface area contributed by atoms with Crippen LogP contribution in [0.5, 0.6) is 5.75 Å². The third-order valence-electron chi connectivity index (χ3n) is 5.78. The lowest BCUT2D eigenvalue weighted by molar-refractivity contribution is -0.150. The van der Waals surface area contributed by atoms with E-state index in [0.717, 1.165) is 12.8 Å². The summed E-state index contributed by atoms with van der Waals surface area (Å²) in [4.78, 5) is 27.0. The number of esters is 1. The Morgan fingerprint density at radius 3 is 2.45 bits per heavy atom. The number of methoxy groups -OCH3 is 1. The quantitative estimate of drug-likeness (QED) is 0.600. The van der Waals surface area contributed by atoms with Gasteiger partial charge in [-0.2, -0.15) is 4.31 Å². The monoisotopic (exact) mass is 453 g/mol. The van der Waals surface area contributed by atoms with E-state index < -0.39 is 16.0 Å². The maximum absolute atomic E-state index is 13.2. The van der Waals surface area contributed by atoms with Crippen molar-refractivity contribution in [3.05, 3.63) is 18.2 Å². The Morgan fingerprint density at radius 1 is 1.13 bits per heavy atom. The lowest BCUT2D eigenvalue weighted by Gasteiger charge is -2.37. The zero-order chi connectivity index (χ0) is 22.6. The minimum absolute atomic E-state index is 0.239. The van der Waals surface area contributed by atoms with Crippen molar-refractivity contribution >= 4 is 27.6 Å². The van der Waals surface area contributed by atoms with Gasteiger partial charge in [0, 0.05) is 46.2 Å². The number of carbonyl (C=O) groups excluding carboxylic acids is 2. The van der Waals surface area contributed by atoms with Crippen LogP contribution in [0.25, 0.3) is 0 Å². The van der Waals surface area contributed by atoms with Gasteiger partial charge < -0.3 is 19.3 Å². The predicted molar refractivity (Wildman–Crippen MR) is 116 cm³/mol. The third-order valence-corrected chi connectivity index (χ3v) is 7.64. The summed E-state index contributed by atoms with van der Waals surface area (Å²) in [5.74, 6) is 0.208. The number of hydrogen-bond donors (Lipinski definition) is 0. The summed E-state index contributed by atoms with van der Waals surface area (Å²) in [6.07, 6.45) is 1.91. The molecule has 0 bridgehead atoms. The fourth-order valence-corrected chi connectivity index (χ4v) is 5.66. The lowest BCUT2D eigenvalue weighted by atomic mass is 10.0. The van der Waals surface area contributed by atoms with Gasteiger partial charge in [0.25, 0.3) is 5.91 Å². The van der Waals surface area contributed by atoms with Crippen LogP contribution in [0, 0.1) is 5.92 Å². The highest BCUT2D eigenvalue weighted by molar-refractivity contribution is 7.89. The van der Waals surface area contributed by atoms with Crippen LogP contribution in [-0.2, 0) is 24.3 Å². The van der Waals surface area contributed by atoms with Crippen LogP contribution in [0.15, 0.2) is 23.1 Å². The van der Waals surface area contributed by atoms with Crippen molar-refractivity contribution in [1.82, 2.24) is 9.21 Å². The minimum Gasteiger partial charge on any atom is -0.495 e. The van der Waals surface area contributed by atoms with Gasteiger partial charge in [-0.15, -0.1) is 0 Å². The number of hydrogen-bond acceptors (Lipinski definition) is 7. The summed E-state index contributed by atoms with van der Waals surface area (Å²) >= 11 is 0. The maximum Gasteiger partial charge on any atom is 0.303 e. The SMILES string of the molecule is COc1ccc(S(=O)(=O)N2CCC[C@H](C)C2)cc1N1CCN(C(=O)COC(C)=O)CC1. The minimum atomic E-state index is -3.58. The van der Waals surface area contributed by atoms with Crippen LogP contribution in [0.3, 0.4) is 0 Å². The summed E-state index contributed by atoms with van der Waals surface area (Å²) in [5, 5.41) is 0. The van der Waals surface area contributed by atoms with Crippen molar-refractivity contribution in [2.75, 3.05) is 57.9 Å². The normalized spacial score (nSPS) is 20.4. The summed E-state index contributed by atoms with van der Waals surface area (Å²) < 4.78 is 38.3. The molecular weight excluding hydrogens is 422 g/mol. The number of nitrogens with zero attached hydrogens (tertiary/aromatic N) is 3. The molecule has 1 atom stereocenters. The molecule has 3 rings (SSSR count). The number of carbonyl (C=O) groups is 2. The Hall–Kier alpha value is -2.33. The fraction of sp³-hybridized carbons (Fsp3) is 0.619. The number of ether oxygens (including phenoxy) is 2. The molecule has 9 nitrogen and oxygen atoms in total. The molecule has 2 fully saturated rings. The molecule has 1 aromatic rings. The van der Waals surface area contributed by atoms with Crippen LogP contribution in [0.1, 0.15) is 26.7 Å². The number of amides is 1. The van der Waals surface area contributed by atoms with Crippen molar-refractivity contribution in [2.24, 2.45) is 5.92 Å². The molecule has 2 saturated heterocycles. The molecule has 0 unspecified atom stereocenters. The number of anilines is 1. The number of sulfonamides is 1. The highest BCUT2D eigenvalue weighted by Gasteiger charge is 2.30. The number of piperazine rings is 1. The maximum atomic E-state index is 13.2. The molecular formula is C21H31N3O6S. The molecule has 2 aliphatic heterocycles. The predicted octanol–water partition coefficient (Wildman–Crippen LogP) is 1.33. The molecule has 0 saturated carbocycles. The summed E-state index contributed by atoms with van der Waals surface area (Å²) in [6.45, 7) is 6.09. The zero-order valence-corrected chi connectivity index (χ0v) is 19.2.